The Morgan fingerprint density at radius 2 is 1.43 bits per heavy atom. The summed E-state index contributed by atoms with van der Waals surface area (Å²) in [5.74, 6) is 1.04. The average molecular weight is 536 g/mol. The van der Waals surface area contributed by atoms with Gasteiger partial charge < -0.3 is 29.5 Å². The second-order valence-corrected chi connectivity index (χ2v) is 8.95. The second kappa shape index (κ2) is 10.9. The maximum Gasteiger partial charge on any atom is 0.573 e. The van der Waals surface area contributed by atoms with Crippen molar-refractivity contribution in [1.82, 2.24) is 15.0 Å². The number of alkyl halides is 3. The van der Waals surface area contributed by atoms with Gasteiger partial charge in [0.1, 0.15) is 5.75 Å². The van der Waals surface area contributed by atoms with E-state index in [-0.39, 0.29) is 5.75 Å². The molecule has 2 aromatic carbocycles. The number of ether oxygens (including phenoxy) is 2. The molecule has 0 amide bonds. The van der Waals surface area contributed by atoms with Crippen LogP contribution in [0.15, 0.2) is 48.5 Å². The highest BCUT2D eigenvalue weighted by atomic mass is 35.5. The molecule has 3 aromatic rings. The largest absolute Gasteiger partial charge is 0.573 e. The Bertz CT molecular complexity index is 1200. The minimum atomic E-state index is -4.75. The molecule has 9 nitrogen and oxygen atoms in total. The molecule has 2 saturated heterocycles. The van der Waals surface area contributed by atoms with Crippen LogP contribution in [0.3, 0.4) is 0 Å². The third-order valence-corrected chi connectivity index (χ3v) is 6.22. The summed E-state index contributed by atoms with van der Waals surface area (Å²) in [6, 6.07) is 13.2. The highest BCUT2D eigenvalue weighted by molar-refractivity contribution is 6.30. The minimum Gasteiger partial charge on any atom is -0.406 e. The molecule has 2 aliphatic heterocycles. The van der Waals surface area contributed by atoms with E-state index in [9.17, 15) is 13.2 Å². The van der Waals surface area contributed by atoms with E-state index in [0.29, 0.717) is 67.9 Å². The van der Waals surface area contributed by atoms with Crippen LogP contribution in [0.1, 0.15) is 0 Å². The Hall–Kier alpha value is -3.51. The summed E-state index contributed by atoms with van der Waals surface area (Å²) in [7, 11) is 0. The van der Waals surface area contributed by atoms with Crippen LogP contribution in [-0.4, -0.2) is 73.8 Å². The Morgan fingerprint density at radius 1 is 0.811 bits per heavy atom. The van der Waals surface area contributed by atoms with Crippen molar-refractivity contribution in [3.63, 3.8) is 0 Å². The quantitative estimate of drug-likeness (QED) is 0.496. The van der Waals surface area contributed by atoms with Crippen LogP contribution in [-0.2, 0) is 4.74 Å². The molecule has 0 saturated carbocycles. The fraction of sp³-hybridized carbons (Fsp3) is 0.375. The lowest BCUT2D eigenvalue weighted by molar-refractivity contribution is -0.274. The van der Waals surface area contributed by atoms with Crippen molar-refractivity contribution in [2.24, 2.45) is 0 Å². The molecule has 37 heavy (non-hydrogen) atoms. The van der Waals surface area contributed by atoms with Gasteiger partial charge in [0.05, 0.1) is 13.2 Å². The molecule has 0 spiro atoms. The first-order valence-electron chi connectivity index (χ1n) is 11.8. The fourth-order valence-corrected chi connectivity index (χ4v) is 4.35. The van der Waals surface area contributed by atoms with E-state index in [2.05, 4.69) is 29.8 Å². The van der Waals surface area contributed by atoms with Crippen LogP contribution < -0.4 is 24.8 Å². The van der Waals surface area contributed by atoms with E-state index in [1.807, 2.05) is 29.2 Å². The van der Waals surface area contributed by atoms with E-state index in [4.69, 9.17) is 21.3 Å². The Balaban J connectivity index is 1.34. The highest BCUT2D eigenvalue weighted by Gasteiger charge is 2.31. The van der Waals surface area contributed by atoms with Crippen molar-refractivity contribution in [2.75, 3.05) is 72.5 Å². The normalized spacial score (nSPS) is 16.6. The fourth-order valence-electron chi connectivity index (χ4n) is 4.16. The number of morpholine rings is 1. The van der Waals surface area contributed by atoms with Gasteiger partial charge in [-0.25, -0.2) is 0 Å². The maximum atomic E-state index is 12.5. The van der Waals surface area contributed by atoms with E-state index < -0.39 is 6.36 Å². The molecule has 13 heteroatoms. The van der Waals surface area contributed by atoms with Crippen molar-refractivity contribution in [1.29, 1.82) is 0 Å². The predicted octanol–water partition coefficient (Wildman–Crippen LogP) is 4.33. The summed E-state index contributed by atoms with van der Waals surface area (Å²) >= 11 is 6.16. The standard InChI is InChI=1S/C24H25ClF3N7O2/c25-17-2-1-3-19(16-17)33-8-10-34(11-9-33)22-30-21(31-23(32-22)35-12-14-36-15-13-35)29-18-4-6-20(7-5-18)37-24(26,27)28/h1-7,16H,8-15H2,(H,29,30,31,32). The number of nitrogens with zero attached hydrogens (tertiary/aromatic N) is 6. The lowest BCUT2D eigenvalue weighted by Crippen LogP contribution is -2.47. The van der Waals surface area contributed by atoms with Gasteiger partial charge in [-0.1, -0.05) is 17.7 Å². The summed E-state index contributed by atoms with van der Waals surface area (Å²) in [5, 5.41) is 3.78. The summed E-state index contributed by atoms with van der Waals surface area (Å²) in [4.78, 5) is 20.3. The van der Waals surface area contributed by atoms with Crippen LogP contribution in [0.4, 0.5) is 42.4 Å². The molecule has 5 rings (SSSR count). The molecule has 1 N–H and O–H groups in total. The first-order valence-corrected chi connectivity index (χ1v) is 12.2. The van der Waals surface area contributed by atoms with Gasteiger partial charge in [0.15, 0.2) is 0 Å². The predicted molar refractivity (Wildman–Crippen MR) is 135 cm³/mol. The number of halogens is 4. The van der Waals surface area contributed by atoms with Crippen LogP contribution >= 0.6 is 11.6 Å². The van der Waals surface area contributed by atoms with Gasteiger partial charge in [-0.2, -0.15) is 15.0 Å². The van der Waals surface area contributed by atoms with Gasteiger partial charge in [0, 0.05) is 55.7 Å². The molecule has 3 heterocycles. The van der Waals surface area contributed by atoms with Gasteiger partial charge in [0.25, 0.3) is 0 Å². The zero-order valence-corrected chi connectivity index (χ0v) is 20.5. The third-order valence-electron chi connectivity index (χ3n) is 5.99. The molecule has 0 atom stereocenters. The summed E-state index contributed by atoms with van der Waals surface area (Å²) in [6.45, 7) is 5.37. The molecular weight excluding hydrogens is 511 g/mol. The lowest BCUT2D eigenvalue weighted by atomic mass is 10.2. The topological polar surface area (TPSA) is 78.9 Å². The average Bonchev–Trinajstić information content (AvgIpc) is 2.89. The Kier molecular flexibility index (Phi) is 7.38. The van der Waals surface area contributed by atoms with Gasteiger partial charge in [-0.05, 0) is 42.5 Å². The Labute approximate surface area is 216 Å². The zero-order chi connectivity index (χ0) is 25.8. The highest BCUT2D eigenvalue weighted by Crippen LogP contribution is 2.27. The number of piperazine rings is 1. The van der Waals surface area contributed by atoms with Crippen molar-refractivity contribution < 1.29 is 22.6 Å². The van der Waals surface area contributed by atoms with E-state index >= 15 is 0 Å². The smallest absolute Gasteiger partial charge is 0.406 e. The van der Waals surface area contributed by atoms with Crippen molar-refractivity contribution in [2.45, 2.75) is 6.36 Å². The van der Waals surface area contributed by atoms with Gasteiger partial charge >= 0.3 is 6.36 Å². The van der Waals surface area contributed by atoms with E-state index in [1.54, 1.807) is 0 Å². The third kappa shape index (κ3) is 6.63. The number of rotatable bonds is 6. The maximum absolute atomic E-state index is 12.5. The minimum absolute atomic E-state index is 0.299. The van der Waals surface area contributed by atoms with E-state index in [0.717, 1.165) is 18.8 Å². The van der Waals surface area contributed by atoms with E-state index in [1.165, 1.54) is 24.3 Å². The number of aromatic nitrogens is 3. The molecule has 0 unspecified atom stereocenters. The van der Waals surface area contributed by atoms with Crippen LogP contribution in [0, 0.1) is 0 Å². The van der Waals surface area contributed by atoms with Crippen LogP contribution in [0.2, 0.25) is 5.02 Å². The molecule has 2 fully saturated rings. The van der Waals surface area contributed by atoms with Crippen LogP contribution in [0.5, 0.6) is 5.75 Å². The molecular formula is C24H25ClF3N7O2. The molecule has 2 aliphatic rings. The number of anilines is 5. The number of benzene rings is 2. The zero-order valence-electron chi connectivity index (χ0n) is 19.8. The number of nitrogens with one attached hydrogen (secondary N) is 1. The summed E-state index contributed by atoms with van der Waals surface area (Å²) < 4.78 is 46.8. The second-order valence-electron chi connectivity index (χ2n) is 8.51. The molecule has 196 valence electrons. The Morgan fingerprint density at radius 3 is 2.05 bits per heavy atom. The number of hydrogen-bond donors (Lipinski definition) is 1. The summed E-state index contributed by atoms with van der Waals surface area (Å²) in [6.07, 6.45) is -4.75. The lowest BCUT2D eigenvalue weighted by Gasteiger charge is -2.36. The summed E-state index contributed by atoms with van der Waals surface area (Å²) in [5.41, 5.74) is 1.59. The molecule has 0 aliphatic carbocycles. The molecule has 1 aromatic heterocycles. The van der Waals surface area contributed by atoms with Gasteiger partial charge in [-0.15, -0.1) is 13.2 Å². The first kappa shape index (κ1) is 25.2. The van der Waals surface area contributed by atoms with Crippen LogP contribution in [0.25, 0.3) is 0 Å². The SMILES string of the molecule is FC(F)(F)Oc1ccc(Nc2nc(N3CCOCC3)nc(N3CCN(c4cccc(Cl)c4)CC3)n2)cc1. The molecule has 0 radical (unpaired) electrons. The van der Waals surface area contributed by atoms with Crippen molar-refractivity contribution in [3.05, 3.63) is 53.6 Å². The molecule has 0 bridgehead atoms. The first-order chi connectivity index (χ1) is 17.8. The van der Waals surface area contributed by atoms with Crippen molar-refractivity contribution in [3.8, 4) is 5.75 Å². The van der Waals surface area contributed by atoms with Gasteiger partial charge in [0.2, 0.25) is 17.8 Å². The van der Waals surface area contributed by atoms with Crippen molar-refractivity contribution >= 4 is 40.8 Å². The van der Waals surface area contributed by atoms with Gasteiger partial charge in [-0.3, -0.25) is 0 Å². The monoisotopic (exact) mass is 535 g/mol. The number of hydrogen-bond acceptors (Lipinski definition) is 9.